The third kappa shape index (κ3) is 2.46. The molecule has 0 aromatic heterocycles. The van der Waals surface area contributed by atoms with Crippen molar-refractivity contribution in [2.45, 2.75) is 31.8 Å². The lowest BCUT2D eigenvalue weighted by molar-refractivity contribution is 0.450. The molecule has 20 heavy (non-hydrogen) atoms. The molecule has 3 rings (SSSR count). The molecule has 0 heterocycles. The van der Waals surface area contributed by atoms with Gasteiger partial charge < -0.3 is 5.32 Å². The zero-order chi connectivity index (χ0) is 14.1. The van der Waals surface area contributed by atoms with Gasteiger partial charge in [0.05, 0.1) is 0 Å². The van der Waals surface area contributed by atoms with E-state index in [9.17, 15) is 8.78 Å². The van der Waals surface area contributed by atoms with Crippen LogP contribution in [0.1, 0.15) is 42.1 Å². The molecule has 2 aromatic rings. The van der Waals surface area contributed by atoms with Gasteiger partial charge in [-0.15, -0.1) is 0 Å². The summed E-state index contributed by atoms with van der Waals surface area (Å²) in [6.07, 6.45) is 1.80. The van der Waals surface area contributed by atoms with Crippen LogP contribution in [0.4, 0.5) is 8.78 Å². The van der Waals surface area contributed by atoms with E-state index in [1.165, 1.54) is 12.1 Å². The zero-order valence-electron chi connectivity index (χ0n) is 11.4. The number of fused-ring (bicyclic) bond motifs is 1. The van der Waals surface area contributed by atoms with Crippen molar-refractivity contribution in [3.05, 3.63) is 70.8 Å². The summed E-state index contributed by atoms with van der Waals surface area (Å²) in [7, 11) is 0. The molecule has 2 atom stereocenters. The normalized spacial score (nSPS) is 18.9. The Kier molecular flexibility index (Phi) is 3.53. The average Bonchev–Trinajstić information content (AvgIpc) is 2.81. The lowest BCUT2D eigenvalue weighted by Crippen LogP contribution is -2.23. The Morgan fingerprint density at radius 3 is 2.75 bits per heavy atom. The number of hydrogen-bond donors (Lipinski definition) is 1. The fourth-order valence-corrected chi connectivity index (χ4v) is 2.98. The largest absolute Gasteiger partial charge is 0.303 e. The summed E-state index contributed by atoms with van der Waals surface area (Å²) in [5, 5.41) is 3.45. The van der Waals surface area contributed by atoms with Crippen LogP contribution in [0.2, 0.25) is 0 Å². The topological polar surface area (TPSA) is 12.0 Å². The van der Waals surface area contributed by atoms with Crippen LogP contribution in [-0.2, 0) is 6.42 Å². The number of aryl methyl sites for hydroxylation is 1. The average molecular weight is 273 g/mol. The van der Waals surface area contributed by atoms with E-state index >= 15 is 0 Å². The van der Waals surface area contributed by atoms with Crippen molar-refractivity contribution in [1.82, 2.24) is 5.32 Å². The molecule has 0 fully saturated rings. The van der Waals surface area contributed by atoms with E-state index in [1.807, 2.05) is 19.1 Å². The van der Waals surface area contributed by atoms with E-state index in [1.54, 1.807) is 18.2 Å². The van der Waals surface area contributed by atoms with Crippen molar-refractivity contribution in [3.8, 4) is 0 Å². The third-order valence-corrected chi connectivity index (χ3v) is 4.01. The van der Waals surface area contributed by atoms with Gasteiger partial charge in [0.2, 0.25) is 0 Å². The quantitative estimate of drug-likeness (QED) is 0.879. The Bertz CT molecular complexity index is 624. The van der Waals surface area contributed by atoms with Gasteiger partial charge in [-0.2, -0.15) is 0 Å². The van der Waals surface area contributed by atoms with E-state index in [4.69, 9.17) is 0 Å². The molecule has 1 nitrogen and oxygen atoms in total. The van der Waals surface area contributed by atoms with Crippen molar-refractivity contribution >= 4 is 0 Å². The first-order valence-electron chi connectivity index (χ1n) is 6.94. The third-order valence-electron chi connectivity index (χ3n) is 4.01. The number of benzene rings is 2. The second-order valence-electron chi connectivity index (χ2n) is 5.34. The molecule has 0 bridgehead atoms. The zero-order valence-corrected chi connectivity index (χ0v) is 11.4. The molecule has 1 N–H and O–H groups in total. The van der Waals surface area contributed by atoms with Gasteiger partial charge in [-0.1, -0.05) is 24.3 Å². The summed E-state index contributed by atoms with van der Waals surface area (Å²) in [6, 6.07) is 11.8. The fourth-order valence-electron chi connectivity index (χ4n) is 2.98. The van der Waals surface area contributed by atoms with E-state index in [2.05, 4.69) is 5.32 Å². The first kappa shape index (κ1) is 13.3. The molecule has 1 aliphatic rings. The van der Waals surface area contributed by atoms with Gasteiger partial charge in [0.15, 0.2) is 0 Å². The molecule has 0 saturated heterocycles. The highest BCUT2D eigenvalue weighted by Gasteiger charge is 2.24. The highest BCUT2D eigenvalue weighted by molar-refractivity contribution is 5.35. The van der Waals surface area contributed by atoms with Gasteiger partial charge in [-0.25, -0.2) is 8.78 Å². The highest BCUT2D eigenvalue weighted by atomic mass is 19.1. The lowest BCUT2D eigenvalue weighted by Gasteiger charge is -2.21. The van der Waals surface area contributed by atoms with Crippen molar-refractivity contribution in [2.24, 2.45) is 0 Å². The minimum atomic E-state index is -0.190. The van der Waals surface area contributed by atoms with Gasteiger partial charge in [0.1, 0.15) is 11.6 Å². The second kappa shape index (κ2) is 5.33. The molecular formula is C17H17F2N. The van der Waals surface area contributed by atoms with Crippen LogP contribution in [0, 0.1) is 11.6 Å². The summed E-state index contributed by atoms with van der Waals surface area (Å²) in [6.45, 7) is 1.96. The second-order valence-corrected chi connectivity index (χ2v) is 5.34. The molecule has 0 amide bonds. The van der Waals surface area contributed by atoms with Crippen molar-refractivity contribution in [2.75, 3.05) is 0 Å². The molecule has 2 aromatic carbocycles. The van der Waals surface area contributed by atoms with Crippen LogP contribution in [-0.4, -0.2) is 0 Å². The lowest BCUT2D eigenvalue weighted by atomic mass is 10.0. The van der Waals surface area contributed by atoms with E-state index in [-0.39, 0.29) is 23.7 Å². The van der Waals surface area contributed by atoms with Crippen LogP contribution in [0.15, 0.2) is 42.5 Å². The summed E-state index contributed by atoms with van der Waals surface area (Å²) in [4.78, 5) is 0. The van der Waals surface area contributed by atoms with Crippen molar-refractivity contribution in [3.63, 3.8) is 0 Å². The molecular weight excluding hydrogens is 256 g/mol. The van der Waals surface area contributed by atoms with Gasteiger partial charge in [0.25, 0.3) is 0 Å². The van der Waals surface area contributed by atoms with E-state index < -0.39 is 0 Å². The maximum atomic E-state index is 13.8. The minimum Gasteiger partial charge on any atom is -0.303 e. The maximum absolute atomic E-state index is 13.8. The predicted molar refractivity (Wildman–Crippen MR) is 75.4 cm³/mol. The Morgan fingerprint density at radius 2 is 1.95 bits per heavy atom. The molecule has 0 spiro atoms. The Morgan fingerprint density at radius 1 is 1.15 bits per heavy atom. The Hall–Kier alpha value is -1.74. The fraction of sp³-hybridized carbons (Fsp3) is 0.294. The van der Waals surface area contributed by atoms with Crippen LogP contribution in [0.3, 0.4) is 0 Å². The summed E-state index contributed by atoms with van der Waals surface area (Å²) in [5.74, 6) is -0.378. The van der Waals surface area contributed by atoms with Crippen molar-refractivity contribution < 1.29 is 8.78 Å². The summed E-state index contributed by atoms with van der Waals surface area (Å²) in [5.41, 5.74) is 2.86. The van der Waals surface area contributed by atoms with Crippen molar-refractivity contribution in [1.29, 1.82) is 0 Å². The number of rotatable bonds is 3. The molecule has 1 aliphatic carbocycles. The molecule has 0 aliphatic heterocycles. The van der Waals surface area contributed by atoms with Crippen LogP contribution in [0.25, 0.3) is 0 Å². The van der Waals surface area contributed by atoms with Gasteiger partial charge in [0, 0.05) is 17.6 Å². The monoisotopic (exact) mass is 273 g/mol. The first-order valence-corrected chi connectivity index (χ1v) is 6.94. The smallest absolute Gasteiger partial charge is 0.127 e. The first-order chi connectivity index (χ1) is 9.65. The SMILES string of the molecule is CC(NC1CCc2cc(F)ccc21)c1ccccc1F. The molecule has 3 heteroatoms. The molecule has 104 valence electrons. The predicted octanol–water partition coefficient (Wildman–Crippen LogP) is 4.30. The summed E-state index contributed by atoms with van der Waals surface area (Å²) < 4.78 is 27.0. The van der Waals surface area contributed by atoms with Crippen LogP contribution < -0.4 is 5.32 Å². The standard InChI is InChI=1S/C17H17F2N/c1-11(14-4-2-3-5-16(14)19)20-17-9-6-12-10-13(18)7-8-15(12)17/h2-5,7-8,10-11,17,20H,6,9H2,1H3. The van der Waals surface area contributed by atoms with E-state index in [0.717, 1.165) is 24.0 Å². The maximum Gasteiger partial charge on any atom is 0.127 e. The number of hydrogen-bond acceptors (Lipinski definition) is 1. The minimum absolute atomic E-state index is 0.0720. The van der Waals surface area contributed by atoms with Gasteiger partial charge >= 0.3 is 0 Å². The van der Waals surface area contributed by atoms with Gasteiger partial charge in [-0.05, 0) is 49.1 Å². The summed E-state index contributed by atoms with van der Waals surface area (Å²) >= 11 is 0. The highest BCUT2D eigenvalue weighted by Crippen LogP contribution is 2.33. The molecule has 0 saturated carbocycles. The van der Waals surface area contributed by atoms with E-state index in [0.29, 0.717) is 5.56 Å². The van der Waals surface area contributed by atoms with Crippen LogP contribution >= 0.6 is 0 Å². The molecule has 2 unspecified atom stereocenters. The Labute approximate surface area is 117 Å². The molecule has 0 radical (unpaired) electrons. The Balaban J connectivity index is 1.79. The van der Waals surface area contributed by atoms with Gasteiger partial charge in [-0.3, -0.25) is 0 Å². The number of nitrogens with one attached hydrogen (secondary N) is 1. The van der Waals surface area contributed by atoms with Crippen LogP contribution in [0.5, 0.6) is 0 Å². The number of halogens is 2.